The number of esters is 1. The molecule has 0 heterocycles. The molecule has 0 aliphatic rings. The van der Waals surface area contributed by atoms with Crippen molar-refractivity contribution < 1.29 is 14.3 Å². The van der Waals surface area contributed by atoms with Crippen LogP contribution in [-0.4, -0.2) is 18.5 Å². The normalized spacial score (nSPS) is 11.6. The summed E-state index contributed by atoms with van der Waals surface area (Å²) < 4.78 is 4.85. The molecule has 1 amide bonds. The van der Waals surface area contributed by atoms with Crippen molar-refractivity contribution in [1.82, 2.24) is 0 Å². The van der Waals surface area contributed by atoms with Gasteiger partial charge in [-0.2, -0.15) is 0 Å². The van der Waals surface area contributed by atoms with E-state index in [1.165, 1.54) is 0 Å². The van der Waals surface area contributed by atoms with Gasteiger partial charge in [0.1, 0.15) is 5.57 Å². The highest BCUT2D eigenvalue weighted by Crippen LogP contribution is 2.15. The van der Waals surface area contributed by atoms with Gasteiger partial charge >= 0.3 is 5.97 Å². The standard InChI is InChI=1S/C14H17ClN2O3/c1-3-11(16)12(14(19)20-4-2)13(18)17-10-7-5-9(15)6-8-10/h5-8H,3-4,16H2,1-2H3,(H,17,18)/b12-11-. The zero-order valence-corrected chi connectivity index (χ0v) is 12.2. The number of anilines is 1. The van der Waals surface area contributed by atoms with E-state index in [4.69, 9.17) is 22.1 Å². The van der Waals surface area contributed by atoms with E-state index in [0.29, 0.717) is 17.1 Å². The molecule has 0 aliphatic heterocycles. The molecule has 0 saturated carbocycles. The minimum atomic E-state index is -0.724. The number of carbonyl (C=O) groups excluding carboxylic acids is 2. The smallest absolute Gasteiger partial charge is 0.345 e. The molecule has 6 heteroatoms. The van der Waals surface area contributed by atoms with Gasteiger partial charge in [0.2, 0.25) is 0 Å². The number of nitrogens with two attached hydrogens (primary N) is 1. The lowest BCUT2D eigenvalue weighted by atomic mass is 10.1. The fourth-order valence-electron chi connectivity index (χ4n) is 1.48. The zero-order chi connectivity index (χ0) is 15.1. The van der Waals surface area contributed by atoms with Crippen molar-refractivity contribution in [2.24, 2.45) is 5.73 Å². The Morgan fingerprint density at radius 2 is 1.85 bits per heavy atom. The summed E-state index contributed by atoms with van der Waals surface area (Å²) in [6.45, 7) is 3.59. The van der Waals surface area contributed by atoms with Gasteiger partial charge in [0.15, 0.2) is 0 Å². The van der Waals surface area contributed by atoms with Crippen molar-refractivity contribution in [2.75, 3.05) is 11.9 Å². The Morgan fingerprint density at radius 1 is 1.25 bits per heavy atom. The van der Waals surface area contributed by atoms with E-state index in [-0.39, 0.29) is 17.9 Å². The number of rotatable bonds is 5. The molecule has 20 heavy (non-hydrogen) atoms. The Labute approximate surface area is 122 Å². The lowest BCUT2D eigenvalue weighted by molar-refractivity contribution is -0.139. The van der Waals surface area contributed by atoms with Crippen LogP contribution in [0.15, 0.2) is 35.5 Å². The molecule has 1 aromatic rings. The van der Waals surface area contributed by atoms with Crippen LogP contribution < -0.4 is 11.1 Å². The van der Waals surface area contributed by atoms with Gasteiger partial charge in [-0.3, -0.25) is 4.79 Å². The third-order valence-electron chi connectivity index (χ3n) is 2.51. The minimum absolute atomic E-state index is 0.163. The average Bonchev–Trinajstić information content (AvgIpc) is 2.41. The van der Waals surface area contributed by atoms with E-state index in [1.807, 2.05) is 0 Å². The second-order valence-electron chi connectivity index (χ2n) is 3.94. The second kappa shape index (κ2) is 7.55. The van der Waals surface area contributed by atoms with E-state index in [2.05, 4.69) is 5.32 Å². The first kappa shape index (κ1) is 16.0. The lowest BCUT2D eigenvalue weighted by Gasteiger charge is -2.11. The van der Waals surface area contributed by atoms with E-state index >= 15 is 0 Å². The van der Waals surface area contributed by atoms with Gasteiger partial charge in [-0.05, 0) is 37.6 Å². The Morgan fingerprint density at radius 3 is 2.35 bits per heavy atom. The number of amides is 1. The molecule has 1 rings (SSSR count). The molecule has 1 aromatic carbocycles. The molecule has 0 fully saturated rings. The van der Waals surface area contributed by atoms with Crippen LogP contribution in [0, 0.1) is 0 Å². The Kier molecular flexibility index (Phi) is 6.06. The molecule has 0 aromatic heterocycles. The lowest BCUT2D eigenvalue weighted by Crippen LogP contribution is -2.26. The molecule has 3 N–H and O–H groups in total. The van der Waals surface area contributed by atoms with E-state index in [9.17, 15) is 9.59 Å². The van der Waals surface area contributed by atoms with Crippen molar-refractivity contribution in [1.29, 1.82) is 0 Å². The fourth-order valence-corrected chi connectivity index (χ4v) is 1.60. The molecule has 0 unspecified atom stereocenters. The monoisotopic (exact) mass is 296 g/mol. The predicted molar refractivity (Wildman–Crippen MR) is 78.2 cm³/mol. The summed E-state index contributed by atoms with van der Waals surface area (Å²) in [7, 11) is 0. The number of allylic oxidation sites excluding steroid dienone is 1. The molecular formula is C14H17ClN2O3. The van der Waals surface area contributed by atoms with Gasteiger partial charge in [-0.15, -0.1) is 0 Å². The first-order valence-electron chi connectivity index (χ1n) is 6.22. The Bertz CT molecular complexity index is 524. The predicted octanol–water partition coefficient (Wildman–Crippen LogP) is 2.46. The Hall–Kier alpha value is -2.01. The maximum absolute atomic E-state index is 12.1. The summed E-state index contributed by atoms with van der Waals surface area (Å²) in [6.07, 6.45) is 0.377. The molecule has 0 aliphatic carbocycles. The number of halogens is 1. The van der Waals surface area contributed by atoms with Crippen molar-refractivity contribution in [2.45, 2.75) is 20.3 Å². The van der Waals surface area contributed by atoms with Crippen LogP contribution >= 0.6 is 11.6 Å². The van der Waals surface area contributed by atoms with E-state index in [1.54, 1.807) is 38.1 Å². The second-order valence-corrected chi connectivity index (χ2v) is 4.37. The maximum Gasteiger partial charge on any atom is 0.345 e. The Balaban J connectivity index is 2.95. The highest BCUT2D eigenvalue weighted by molar-refractivity contribution is 6.30. The minimum Gasteiger partial charge on any atom is -0.462 e. The molecule has 108 valence electrons. The summed E-state index contributed by atoms with van der Waals surface area (Å²) in [5, 5.41) is 3.14. The summed E-state index contributed by atoms with van der Waals surface area (Å²) in [5.41, 5.74) is 6.27. The van der Waals surface area contributed by atoms with E-state index < -0.39 is 11.9 Å². The van der Waals surface area contributed by atoms with Gasteiger partial charge in [0.05, 0.1) is 6.61 Å². The topological polar surface area (TPSA) is 81.4 Å². The van der Waals surface area contributed by atoms with Gasteiger partial charge in [-0.1, -0.05) is 18.5 Å². The third kappa shape index (κ3) is 4.28. The van der Waals surface area contributed by atoms with Crippen LogP contribution in [0.3, 0.4) is 0 Å². The quantitative estimate of drug-likeness (QED) is 0.378. The molecule has 0 atom stereocenters. The van der Waals surface area contributed by atoms with Crippen molar-refractivity contribution in [3.63, 3.8) is 0 Å². The highest BCUT2D eigenvalue weighted by Gasteiger charge is 2.22. The number of carbonyl (C=O) groups is 2. The number of nitrogens with one attached hydrogen (secondary N) is 1. The summed E-state index contributed by atoms with van der Waals surface area (Å²) >= 11 is 5.76. The van der Waals surface area contributed by atoms with Crippen LogP contribution in [-0.2, 0) is 14.3 Å². The zero-order valence-electron chi connectivity index (χ0n) is 11.4. The van der Waals surface area contributed by atoms with Crippen LogP contribution in [0.1, 0.15) is 20.3 Å². The third-order valence-corrected chi connectivity index (χ3v) is 2.76. The van der Waals surface area contributed by atoms with Gasteiger partial charge in [0.25, 0.3) is 5.91 Å². The highest BCUT2D eigenvalue weighted by atomic mass is 35.5. The fraction of sp³-hybridized carbons (Fsp3) is 0.286. The summed E-state index contributed by atoms with van der Waals surface area (Å²) in [5.74, 6) is -1.32. The first-order valence-corrected chi connectivity index (χ1v) is 6.60. The molecule has 0 radical (unpaired) electrons. The largest absolute Gasteiger partial charge is 0.462 e. The van der Waals surface area contributed by atoms with Crippen LogP contribution in [0.2, 0.25) is 5.02 Å². The van der Waals surface area contributed by atoms with Crippen molar-refractivity contribution in [3.8, 4) is 0 Å². The number of ether oxygens (including phenoxy) is 1. The van der Waals surface area contributed by atoms with Gasteiger partial charge < -0.3 is 15.8 Å². The van der Waals surface area contributed by atoms with Crippen LogP contribution in [0.25, 0.3) is 0 Å². The number of hydrogen-bond donors (Lipinski definition) is 2. The number of hydrogen-bond acceptors (Lipinski definition) is 4. The summed E-state index contributed by atoms with van der Waals surface area (Å²) in [4.78, 5) is 23.9. The van der Waals surface area contributed by atoms with Crippen LogP contribution in [0.5, 0.6) is 0 Å². The SMILES string of the molecule is CCOC(=O)/C(C(=O)Nc1ccc(Cl)cc1)=C(\N)CC. The molecule has 0 saturated heterocycles. The van der Waals surface area contributed by atoms with Crippen molar-refractivity contribution >= 4 is 29.2 Å². The summed E-state index contributed by atoms with van der Waals surface area (Å²) in [6, 6.07) is 6.53. The van der Waals surface area contributed by atoms with Gasteiger partial charge in [-0.25, -0.2) is 4.79 Å². The van der Waals surface area contributed by atoms with E-state index in [0.717, 1.165) is 0 Å². The molecule has 0 spiro atoms. The average molecular weight is 297 g/mol. The molecular weight excluding hydrogens is 280 g/mol. The van der Waals surface area contributed by atoms with Gasteiger partial charge in [0, 0.05) is 16.4 Å². The van der Waals surface area contributed by atoms with Crippen LogP contribution in [0.4, 0.5) is 5.69 Å². The molecule has 0 bridgehead atoms. The molecule has 5 nitrogen and oxygen atoms in total. The van der Waals surface area contributed by atoms with Crippen molar-refractivity contribution in [3.05, 3.63) is 40.6 Å². The number of benzene rings is 1. The maximum atomic E-state index is 12.1. The first-order chi connectivity index (χ1) is 9.49.